The van der Waals surface area contributed by atoms with Gasteiger partial charge in [-0.1, -0.05) is 35.5 Å². The first-order chi connectivity index (χ1) is 13.9. The summed E-state index contributed by atoms with van der Waals surface area (Å²) in [5, 5.41) is 20.0. The first-order valence-corrected chi connectivity index (χ1v) is 10.6. The Bertz CT molecular complexity index is 1160. The van der Waals surface area contributed by atoms with Crippen LogP contribution in [-0.4, -0.2) is 41.3 Å². The molecule has 2 aromatic carbocycles. The van der Waals surface area contributed by atoms with Crippen LogP contribution in [0.15, 0.2) is 47.9 Å². The third-order valence-corrected chi connectivity index (χ3v) is 6.33. The van der Waals surface area contributed by atoms with E-state index in [9.17, 15) is 5.11 Å². The summed E-state index contributed by atoms with van der Waals surface area (Å²) in [4.78, 5) is 4.47. The van der Waals surface area contributed by atoms with E-state index in [2.05, 4.69) is 60.2 Å². The number of thioether (sulfide) groups is 1. The largest absolute Gasteiger partial charge is 0.390 e. The molecule has 150 valence electrons. The lowest BCUT2D eigenvalue weighted by atomic mass is 10.1. The van der Waals surface area contributed by atoms with E-state index < -0.39 is 6.10 Å². The fourth-order valence-corrected chi connectivity index (χ4v) is 4.21. The number of hydrogen-bond acceptors (Lipinski definition) is 5. The molecule has 1 unspecified atom stereocenters. The van der Waals surface area contributed by atoms with Gasteiger partial charge in [0.25, 0.3) is 0 Å². The molecule has 4 aromatic rings. The van der Waals surface area contributed by atoms with Crippen LogP contribution in [0.25, 0.3) is 22.4 Å². The Kier molecular flexibility index (Phi) is 5.43. The average Bonchev–Trinajstić information content (AvgIpc) is 3.24. The summed E-state index contributed by atoms with van der Waals surface area (Å²) in [5.74, 6) is 1.36. The van der Waals surface area contributed by atoms with Crippen LogP contribution in [-0.2, 0) is 13.6 Å². The Hall–Kier alpha value is -2.64. The number of aromatic nitrogens is 5. The molecule has 0 aliphatic carbocycles. The monoisotopic (exact) mass is 407 g/mol. The molecule has 0 saturated heterocycles. The molecular formula is C22H25N5OS. The maximum Gasteiger partial charge on any atom is 0.191 e. The summed E-state index contributed by atoms with van der Waals surface area (Å²) in [6.45, 7) is 6.74. The number of aryl methyl sites for hydroxylation is 3. The minimum absolute atomic E-state index is 0.495. The number of hydrogen-bond donors (Lipinski definition) is 1. The zero-order valence-corrected chi connectivity index (χ0v) is 17.9. The first-order valence-electron chi connectivity index (χ1n) is 9.62. The number of rotatable bonds is 6. The molecule has 0 fully saturated rings. The highest BCUT2D eigenvalue weighted by atomic mass is 32.2. The third kappa shape index (κ3) is 4.06. The second-order valence-electron chi connectivity index (χ2n) is 7.52. The van der Waals surface area contributed by atoms with Crippen molar-refractivity contribution in [3.63, 3.8) is 0 Å². The molecule has 0 radical (unpaired) electrons. The number of nitrogens with zero attached hydrogens (tertiary/aromatic N) is 5. The third-order valence-electron chi connectivity index (χ3n) is 5.16. The van der Waals surface area contributed by atoms with Crippen LogP contribution in [0.5, 0.6) is 0 Å². The molecule has 4 rings (SSSR count). The average molecular weight is 408 g/mol. The van der Waals surface area contributed by atoms with Crippen molar-refractivity contribution in [1.29, 1.82) is 0 Å². The van der Waals surface area contributed by atoms with Gasteiger partial charge in [0.05, 0.1) is 30.0 Å². The van der Waals surface area contributed by atoms with E-state index in [1.54, 1.807) is 6.33 Å². The standard InChI is InChI=1S/C22H25N5OS/c1-14-6-5-7-17(8-14)21-24-25-22(26(21)4)29-12-18(28)11-27-13-23-19-9-15(2)16(3)10-20(19)27/h5-10,13,18,28H,11-12H2,1-4H3. The van der Waals surface area contributed by atoms with Crippen LogP contribution in [0, 0.1) is 20.8 Å². The number of fused-ring (bicyclic) bond motifs is 1. The van der Waals surface area contributed by atoms with Gasteiger partial charge in [-0.3, -0.25) is 0 Å². The lowest BCUT2D eigenvalue weighted by Crippen LogP contribution is -2.18. The fourth-order valence-electron chi connectivity index (χ4n) is 3.39. The summed E-state index contributed by atoms with van der Waals surface area (Å²) in [7, 11) is 1.96. The van der Waals surface area contributed by atoms with Crippen molar-refractivity contribution >= 4 is 22.8 Å². The van der Waals surface area contributed by atoms with E-state index in [1.807, 2.05) is 28.3 Å². The predicted molar refractivity (Wildman–Crippen MR) is 117 cm³/mol. The van der Waals surface area contributed by atoms with E-state index in [0.29, 0.717) is 12.3 Å². The quantitative estimate of drug-likeness (QED) is 0.491. The molecule has 0 saturated carbocycles. The molecule has 1 N–H and O–H groups in total. The molecule has 0 aliphatic heterocycles. The summed E-state index contributed by atoms with van der Waals surface area (Å²) in [6, 6.07) is 12.4. The lowest BCUT2D eigenvalue weighted by Gasteiger charge is -2.12. The summed E-state index contributed by atoms with van der Waals surface area (Å²) >= 11 is 1.51. The maximum absolute atomic E-state index is 10.6. The second kappa shape index (κ2) is 8.00. The molecule has 0 spiro atoms. The smallest absolute Gasteiger partial charge is 0.191 e. The van der Waals surface area contributed by atoms with Gasteiger partial charge in [0.15, 0.2) is 11.0 Å². The Morgan fingerprint density at radius 1 is 1.07 bits per heavy atom. The highest BCUT2D eigenvalue weighted by Gasteiger charge is 2.15. The van der Waals surface area contributed by atoms with Crippen molar-refractivity contribution in [2.75, 3.05) is 5.75 Å². The molecule has 0 aliphatic rings. The van der Waals surface area contributed by atoms with Crippen LogP contribution in [0.2, 0.25) is 0 Å². The van der Waals surface area contributed by atoms with Crippen molar-refractivity contribution in [3.8, 4) is 11.4 Å². The van der Waals surface area contributed by atoms with Crippen molar-refractivity contribution < 1.29 is 5.11 Å². The molecule has 0 amide bonds. The number of imidazole rings is 1. The lowest BCUT2D eigenvalue weighted by molar-refractivity contribution is 0.179. The van der Waals surface area contributed by atoms with Gasteiger partial charge in [0.1, 0.15) is 0 Å². The molecule has 1 atom stereocenters. The zero-order valence-electron chi connectivity index (χ0n) is 17.1. The summed E-state index contributed by atoms with van der Waals surface area (Å²) in [5.41, 5.74) is 6.70. The summed E-state index contributed by atoms with van der Waals surface area (Å²) < 4.78 is 3.99. The van der Waals surface area contributed by atoms with E-state index in [0.717, 1.165) is 27.6 Å². The Morgan fingerprint density at radius 3 is 2.66 bits per heavy atom. The zero-order chi connectivity index (χ0) is 20.5. The molecule has 2 aromatic heterocycles. The van der Waals surface area contributed by atoms with Crippen molar-refractivity contribution in [2.24, 2.45) is 7.05 Å². The highest BCUT2D eigenvalue weighted by molar-refractivity contribution is 7.99. The molecule has 2 heterocycles. The first kappa shape index (κ1) is 19.7. The molecule has 6 nitrogen and oxygen atoms in total. The molecule has 29 heavy (non-hydrogen) atoms. The predicted octanol–water partition coefficient (Wildman–Crippen LogP) is 3.91. The SMILES string of the molecule is Cc1cccc(-c2nnc(SCC(O)Cn3cnc4cc(C)c(C)cc43)n2C)c1. The van der Waals surface area contributed by atoms with Crippen LogP contribution in [0.3, 0.4) is 0 Å². The highest BCUT2D eigenvalue weighted by Crippen LogP contribution is 2.24. The van der Waals surface area contributed by atoms with Gasteiger partial charge in [-0.15, -0.1) is 10.2 Å². The van der Waals surface area contributed by atoms with Gasteiger partial charge in [-0.05, 0) is 50.1 Å². The van der Waals surface area contributed by atoms with Crippen molar-refractivity contribution in [2.45, 2.75) is 38.6 Å². The van der Waals surface area contributed by atoms with Gasteiger partial charge in [-0.2, -0.15) is 0 Å². The fraction of sp³-hybridized carbons (Fsp3) is 0.318. The van der Waals surface area contributed by atoms with Crippen LogP contribution in [0.4, 0.5) is 0 Å². The van der Waals surface area contributed by atoms with Crippen molar-refractivity contribution in [1.82, 2.24) is 24.3 Å². The van der Waals surface area contributed by atoms with E-state index in [-0.39, 0.29) is 0 Å². The number of aliphatic hydroxyl groups is 1. The Morgan fingerprint density at radius 2 is 1.86 bits per heavy atom. The Balaban J connectivity index is 1.44. The van der Waals surface area contributed by atoms with Crippen LogP contribution in [0.1, 0.15) is 16.7 Å². The topological polar surface area (TPSA) is 68.8 Å². The maximum atomic E-state index is 10.6. The molecule has 0 bridgehead atoms. The van der Waals surface area contributed by atoms with Gasteiger partial charge < -0.3 is 14.2 Å². The minimum atomic E-state index is -0.516. The summed E-state index contributed by atoms with van der Waals surface area (Å²) in [6.07, 6.45) is 1.29. The van der Waals surface area contributed by atoms with E-state index in [1.165, 1.54) is 28.5 Å². The number of aliphatic hydroxyl groups excluding tert-OH is 1. The number of benzene rings is 2. The normalized spacial score (nSPS) is 12.6. The minimum Gasteiger partial charge on any atom is -0.390 e. The van der Waals surface area contributed by atoms with Crippen LogP contribution >= 0.6 is 11.8 Å². The van der Waals surface area contributed by atoms with Gasteiger partial charge in [-0.25, -0.2) is 4.98 Å². The Labute approximate surface area is 174 Å². The van der Waals surface area contributed by atoms with E-state index >= 15 is 0 Å². The second-order valence-corrected chi connectivity index (χ2v) is 8.51. The molecular weight excluding hydrogens is 382 g/mol. The van der Waals surface area contributed by atoms with Gasteiger partial charge >= 0.3 is 0 Å². The van der Waals surface area contributed by atoms with E-state index in [4.69, 9.17) is 0 Å². The van der Waals surface area contributed by atoms with Crippen LogP contribution < -0.4 is 0 Å². The molecule has 7 heteroatoms. The van der Waals surface area contributed by atoms with Gasteiger partial charge in [0, 0.05) is 18.4 Å². The van der Waals surface area contributed by atoms with Crippen molar-refractivity contribution in [3.05, 3.63) is 59.4 Å². The van der Waals surface area contributed by atoms with Gasteiger partial charge in [0.2, 0.25) is 0 Å².